The van der Waals surface area contributed by atoms with Crippen LogP contribution in [0, 0.1) is 12.7 Å². The van der Waals surface area contributed by atoms with Crippen molar-refractivity contribution < 1.29 is 8.81 Å². The van der Waals surface area contributed by atoms with Crippen LogP contribution in [0.15, 0.2) is 34.7 Å². The SMILES string of the molecule is Cc1ccc2oc(-c3ccc(F)c(N)c3)nc2n1. The third kappa shape index (κ3) is 1.69. The molecule has 0 saturated heterocycles. The van der Waals surface area contributed by atoms with Crippen molar-refractivity contribution >= 4 is 16.9 Å². The Labute approximate surface area is 102 Å². The Balaban J connectivity index is 2.16. The van der Waals surface area contributed by atoms with Gasteiger partial charge < -0.3 is 10.2 Å². The Kier molecular flexibility index (Phi) is 2.26. The maximum Gasteiger partial charge on any atom is 0.228 e. The molecule has 0 bridgehead atoms. The number of benzene rings is 1. The zero-order chi connectivity index (χ0) is 12.7. The maximum atomic E-state index is 13.1. The highest BCUT2D eigenvalue weighted by molar-refractivity contribution is 5.73. The van der Waals surface area contributed by atoms with Gasteiger partial charge in [0.1, 0.15) is 5.82 Å². The van der Waals surface area contributed by atoms with E-state index in [1.165, 1.54) is 12.1 Å². The fraction of sp³-hybridized carbons (Fsp3) is 0.0769. The molecule has 0 radical (unpaired) electrons. The first-order valence-corrected chi connectivity index (χ1v) is 5.43. The van der Waals surface area contributed by atoms with E-state index in [1.807, 2.05) is 13.0 Å². The van der Waals surface area contributed by atoms with Crippen LogP contribution < -0.4 is 5.73 Å². The van der Waals surface area contributed by atoms with E-state index in [0.717, 1.165) is 5.69 Å². The van der Waals surface area contributed by atoms with Gasteiger partial charge in [0.15, 0.2) is 11.2 Å². The maximum absolute atomic E-state index is 13.1. The zero-order valence-electron chi connectivity index (χ0n) is 9.64. The molecule has 0 saturated carbocycles. The Morgan fingerprint density at radius 3 is 2.78 bits per heavy atom. The second-order valence-electron chi connectivity index (χ2n) is 4.03. The van der Waals surface area contributed by atoms with E-state index in [0.29, 0.717) is 22.7 Å². The van der Waals surface area contributed by atoms with Crippen LogP contribution in [0.4, 0.5) is 10.1 Å². The quantitative estimate of drug-likeness (QED) is 0.667. The molecule has 18 heavy (non-hydrogen) atoms. The second-order valence-corrected chi connectivity index (χ2v) is 4.03. The molecule has 5 heteroatoms. The molecule has 1 aromatic carbocycles. The lowest BCUT2D eigenvalue weighted by Crippen LogP contribution is -1.90. The van der Waals surface area contributed by atoms with E-state index in [1.54, 1.807) is 12.1 Å². The molecule has 3 rings (SSSR count). The van der Waals surface area contributed by atoms with Crippen LogP contribution >= 0.6 is 0 Å². The minimum atomic E-state index is -0.455. The molecule has 0 spiro atoms. The van der Waals surface area contributed by atoms with E-state index in [4.69, 9.17) is 10.2 Å². The molecular formula is C13H10FN3O. The first-order valence-electron chi connectivity index (χ1n) is 5.43. The predicted octanol–water partition coefficient (Wildman–Crippen LogP) is 2.92. The largest absolute Gasteiger partial charge is 0.434 e. The van der Waals surface area contributed by atoms with E-state index >= 15 is 0 Å². The van der Waals surface area contributed by atoms with Crippen molar-refractivity contribution in [1.29, 1.82) is 0 Å². The Morgan fingerprint density at radius 2 is 2.00 bits per heavy atom. The van der Waals surface area contributed by atoms with Crippen LogP contribution in [0.3, 0.4) is 0 Å². The summed E-state index contributed by atoms with van der Waals surface area (Å²) in [6.07, 6.45) is 0. The Bertz CT molecular complexity index is 736. The lowest BCUT2D eigenvalue weighted by atomic mass is 10.2. The Morgan fingerprint density at radius 1 is 1.17 bits per heavy atom. The molecular weight excluding hydrogens is 233 g/mol. The smallest absolute Gasteiger partial charge is 0.228 e. The third-order valence-electron chi connectivity index (χ3n) is 2.64. The van der Waals surface area contributed by atoms with Crippen molar-refractivity contribution in [3.63, 3.8) is 0 Å². The standard InChI is InChI=1S/C13H10FN3O/c1-7-2-5-11-12(16-7)17-13(18-11)8-3-4-9(14)10(15)6-8/h2-6H,15H2,1H3. The van der Waals surface area contributed by atoms with Crippen molar-refractivity contribution in [2.75, 3.05) is 5.73 Å². The summed E-state index contributed by atoms with van der Waals surface area (Å²) in [5.41, 5.74) is 8.21. The number of nitrogens with two attached hydrogens (primary N) is 1. The van der Waals surface area contributed by atoms with Gasteiger partial charge in [-0.3, -0.25) is 0 Å². The average Bonchev–Trinajstić information content (AvgIpc) is 2.75. The molecule has 0 atom stereocenters. The van der Waals surface area contributed by atoms with Crippen LogP contribution in [0.1, 0.15) is 5.69 Å². The molecule has 0 unspecified atom stereocenters. The number of aryl methyl sites for hydroxylation is 1. The van der Waals surface area contributed by atoms with Gasteiger partial charge in [-0.1, -0.05) is 0 Å². The molecule has 0 aliphatic rings. The van der Waals surface area contributed by atoms with Crippen molar-refractivity contribution in [2.24, 2.45) is 0 Å². The molecule has 2 heterocycles. The number of anilines is 1. The summed E-state index contributed by atoms with van der Waals surface area (Å²) >= 11 is 0. The van der Waals surface area contributed by atoms with Crippen LogP contribution in [-0.4, -0.2) is 9.97 Å². The molecule has 0 amide bonds. The highest BCUT2D eigenvalue weighted by Crippen LogP contribution is 2.25. The van der Waals surface area contributed by atoms with Crippen molar-refractivity contribution in [2.45, 2.75) is 6.92 Å². The van der Waals surface area contributed by atoms with Gasteiger partial charge in [0.25, 0.3) is 0 Å². The molecule has 0 aliphatic carbocycles. The highest BCUT2D eigenvalue weighted by Gasteiger charge is 2.10. The van der Waals surface area contributed by atoms with Crippen LogP contribution in [0.2, 0.25) is 0 Å². The van der Waals surface area contributed by atoms with Gasteiger partial charge in [-0.25, -0.2) is 9.37 Å². The normalized spacial score (nSPS) is 11.0. The Hall–Kier alpha value is -2.43. The van der Waals surface area contributed by atoms with Crippen LogP contribution in [0.5, 0.6) is 0 Å². The minimum Gasteiger partial charge on any atom is -0.434 e. The first-order chi connectivity index (χ1) is 8.63. The van der Waals surface area contributed by atoms with Gasteiger partial charge >= 0.3 is 0 Å². The lowest BCUT2D eigenvalue weighted by molar-refractivity contribution is 0.617. The van der Waals surface area contributed by atoms with Crippen LogP contribution in [0.25, 0.3) is 22.7 Å². The summed E-state index contributed by atoms with van der Waals surface area (Å²) in [5, 5.41) is 0. The third-order valence-corrected chi connectivity index (χ3v) is 2.64. The number of rotatable bonds is 1. The molecule has 2 N–H and O–H groups in total. The summed E-state index contributed by atoms with van der Waals surface area (Å²) in [7, 11) is 0. The summed E-state index contributed by atoms with van der Waals surface area (Å²) in [6.45, 7) is 1.88. The number of aromatic nitrogens is 2. The topological polar surface area (TPSA) is 64.9 Å². The monoisotopic (exact) mass is 243 g/mol. The number of nitrogen functional groups attached to an aromatic ring is 1. The summed E-state index contributed by atoms with van der Waals surface area (Å²) in [6, 6.07) is 8.01. The predicted molar refractivity (Wildman–Crippen MR) is 66.3 cm³/mol. The van der Waals surface area contributed by atoms with Crippen LogP contribution in [-0.2, 0) is 0 Å². The van der Waals surface area contributed by atoms with Crippen molar-refractivity contribution in [3.8, 4) is 11.5 Å². The lowest BCUT2D eigenvalue weighted by Gasteiger charge is -1.98. The van der Waals surface area contributed by atoms with Crippen molar-refractivity contribution in [1.82, 2.24) is 9.97 Å². The summed E-state index contributed by atoms with van der Waals surface area (Å²) in [4.78, 5) is 8.51. The molecule has 0 aliphatic heterocycles. The molecule has 4 nitrogen and oxygen atoms in total. The average molecular weight is 243 g/mol. The van der Waals surface area contributed by atoms with E-state index in [2.05, 4.69) is 9.97 Å². The van der Waals surface area contributed by atoms with E-state index in [9.17, 15) is 4.39 Å². The number of oxazole rings is 1. The van der Waals surface area contributed by atoms with Gasteiger partial charge in [0.2, 0.25) is 5.89 Å². The number of halogens is 1. The molecule has 0 fully saturated rings. The number of fused-ring (bicyclic) bond motifs is 1. The molecule has 3 aromatic rings. The van der Waals surface area contributed by atoms with Crippen molar-refractivity contribution in [3.05, 3.63) is 41.8 Å². The number of hydrogen-bond acceptors (Lipinski definition) is 4. The van der Waals surface area contributed by atoms with Gasteiger partial charge in [0, 0.05) is 11.3 Å². The van der Waals surface area contributed by atoms with Gasteiger partial charge in [-0.05, 0) is 37.3 Å². The van der Waals surface area contributed by atoms with Gasteiger partial charge in [0.05, 0.1) is 5.69 Å². The summed E-state index contributed by atoms with van der Waals surface area (Å²) < 4.78 is 18.6. The number of hydrogen-bond donors (Lipinski definition) is 1. The van der Waals surface area contributed by atoms with Gasteiger partial charge in [-0.2, -0.15) is 4.98 Å². The second kappa shape index (κ2) is 3.80. The fourth-order valence-corrected chi connectivity index (χ4v) is 1.71. The van der Waals surface area contributed by atoms with Gasteiger partial charge in [-0.15, -0.1) is 0 Å². The highest BCUT2D eigenvalue weighted by atomic mass is 19.1. The zero-order valence-corrected chi connectivity index (χ0v) is 9.64. The van der Waals surface area contributed by atoms with E-state index < -0.39 is 5.82 Å². The fourth-order valence-electron chi connectivity index (χ4n) is 1.71. The number of pyridine rings is 1. The molecule has 2 aromatic heterocycles. The summed E-state index contributed by atoms with van der Waals surface area (Å²) in [5.74, 6) is -0.0707. The van der Waals surface area contributed by atoms with E-state index in [-0.39, 0.29) is 5.69 Å². The minimum absolute atomic E-state index is 0.0684. The molecule has 90 valence electrons. The number of nitrogens with zero attached hydrogens (tertiary/aromatic N) is 2. The first kappa shape index (κ1) is 10.7.